The van der Waals surface area contributed by atoms with Crippen molar-refractivity contribution < 1.29 is 18.9 Å². The standard InChI is InChI=1S/C17H29NO4/c1-13(2)8-10-22-11-9-18-12-14-6-7-15(19-3)17(21-5)16(14)20-4/h6-7,13,18H,8-12H2,1-5H3. The number of nitrogens with one attached hydrogen (secondary N) is 1. The summed E-state index contributed by atoms with van der Waals surface area (Å²) in [5.41, 5.74) is 1.03. The summed E-state index contributed by atoms with van der Waals surface area (Å²) in [5, 5.41) is 3.35. The van der Waals surface area contributed by atoms with Crippen LogP contribution in [0.4, 0.5) is 0 Å². The molecule has 0 amide bonds. The van der Waals surface area contributed by atoms with E-state index >= 15 is 0 Å². The number of methoxy groups -OCH3 is 3. The van der Waals surface area contributed by atoms with Crippen molar-refractivity contribution in [3.05, 3.63) is 17.7 Å². The molecule has 0 fully saturated rings. The largest absolute Gasteiger partial charge is 0.493 e. The van der Waals surface area contributed by atoms with Gasteiger partial charge in [0.2, 0.25) is 5.75 Å². The molecule has 0 atom stereocenters. The first-order valence-corrected chi connectivity index (χ1v) is 7.70. The van der Waals surface area contributed by atoms with Crippen LogP contribution in [0.25, 0.3) is 0 Å². The highest BCUT2D eigenvalue weighted by atomic mass is 16.5. The zero-order valence-electron chi connectivity index (χ0n) is 14.4. The van der Waals surface area contributed by atoms with E-state index in [4.69, 9.17) is 18.9 Å². The maximum absolute atomic E-state index is 5.58. The van der Waals surface area contributed by atoms with Gasteiger partial charge < -0.3 is 24.3 Å². The van der Waals surface area contributed by atoms with E-state index in [2.05, 4.69) is 19.2 Å². The van der Waals surface area contributed by atoms with Crippen molar-refractivity contribution in [3.63, 3.8) is 0 Å². The molecule has 5 nitrogen and oxygen atoms in total. The third-order valence-electron chi connectivity index (χ3n) is 3.36. The van der Waals surface area contributed by atoms with E-state index in [0.717, 1.165) is 25.1 Å². The molecular weight excluding hydrogens is 282 g/mol. The lowest BCUT2D eigenvalue weighted by Crippen LogP contribution is -2.20. The zero-order valence-corrected chi connectivity index (χ0v) is 14.4. The van der Waals surface area contributed by atoms with Gasteiger partial charge in [-0.1, -0.05) is 19.9 Å². The average molecular weight is 311 g/mol. The van der Waals surface area contributed by atoms with Gasteiger partial charge in [0.1, 0.15) is 0 Å². The Balaban J connectivity index is 2.45. The minimum atomic E-state index is 0.623. The second kappa shape index (κ2) is 10.3. The van der Waals surface area contributed by atoms with E-state index in [9.17, 15) is 0 Å². The maximum atomic E-state index is 5.58. The SMILES string of the molecule is COc1ccc(CNCCOCCC(C)C)c(OC)c1OC. The number of rotatable bonds is 11. The fraction of sp³-hybridized carbons (Fsp3) is 0.647. The third kappa shape index (κ3) is 5.73. The molecule has 1 N–H and O–H groups in total. The van der Waals surface area contributed by atoms with Crippen molar-refractivity contribution in [1.29, 1.82) is 0 Å². The van der Waals surface area contributed by atoms with Crippen molar-refractivity contribution in [2.75, 3.05) is 41.1 Å². The van der Waals surface area contributed by atoms with Gasteiger partial charge in [-0.05, 0) is 18.4 Å². The first-order valence-electron chi connectivity index (χ1n) is 7.70. The number of benzene rings is 1. The van der Waals surface area contributed by atoms with Crippen LogP contribution in [-0.2, 0) is 11.3 Å². The summed E-state index contributed by atoms with van der Waals surface area (Å²) in [4.78, 5) is 0. The Kier molecular flexibility index (Phi) is 8.70. The number of hydrogen-bond donors (Lipinski definition) is 1. The van der Waals surface area contributed by atoms with Crippen molar-refractivity contribution in [1.82, 2.24) is 5.32 Å². The monoisotopic (exact) mass is 311 g/mol. The summed E-state index contributed by atoms with van der Waals surface area (Å²) >= 11 is 0. The third-order valence-corrected chi connectivity index (χ3v) is 3.36. The van der Waals surface area contributed by atoms with Gasteiger partial charge in [0, 0.05) is 25.3 Å². The normalized spacial score (nSPS) is 10.8. The molecule has 5 heteroatoms. The molecule has 0 spiro atoms. The first-order chi connectivity index (χ1) is 10.6. The Hall–Kier alpha value is -1.46. The van der Waals surface area contributed by atoms with Crippen LogP contribution >= 0.6 is 0 Å². The Labute approximate surface area is 133 Å². The molecule has 0 aliphatic rings. The molecule has 0 saturated carbocycles. The molecule has 22 heavy (non-hydrogen) atoms. The molecule has 0 radical (unpaired) electrons. The summed E-state index contributed by atoms with van der Waals surface area (Å²) in [6.45, 7) is 7.42. The van der Waals surface area contributed by atoms with E-state index in [-0.39, 0.29) is 0 Å². The molecule has 1 rings (SSSR count). The van der Waals surface area contributed by atoms with Crippen molar-refractivity contribution >= 4 is 0 Å². The van der Waals surface area contributed by atoms with Gasteiger partial charge in [-0.2, -0.15) is 0 Å². The quantitative estimate of drug-likeness (QED) is 0.637. The summed E-state index contributed by atoms with van der Waals surface area (Å²) in [6, 6.07) is 3.87. The molecule has 0 aliphatic carbocycles. The van der Waals surface area contributed by atoms with Crippen molar-refractivity contribution in [2.45, 2.75) is 26.8 Å². The highest BCUT2D eigenvalue weighted by molar-refractivity contribution is 5.55. The molecule has 0 heterocycles. The van der Waals surface area contributed by atoms with Crippen LogP contribution in [0.3, 0.4) is 0 Å². The van der Waals surface area contributed by atoms with E-state index in [1.165, 1.54) is 0 Å². The van der Waals surface area contributed by atoms with Gasteiger partial charge >= 0.3 is 0 Å². The van der Waals surface area contributed by atoms with E-state index in [1.807, 2.05) is 12.1 Å². The summed E-state index contributed by atoms with van der Waals surface area (Å²) in [6.07, 6.45) is 1.10. The first kappa shape index (κ1) is 18.6. The second-order valence-electron chi connectivity index (χ2n) is 5.47. The minimum absolute atomic E-state index is 0.623. The van der Waals surface area contributed by atoms with Gasteiger partial charge in [-0.3, -0.25) is 0 Å². The minimum Gasteiger partial charge on any atom is -0.493 e. The average Bonchev–Trinajstić information content (AvgIpc) is 2.52. The Morgan fingerprint density at radius 2 is 1.68 bits per heavy atom. The zero-order chi connectivity index (χ0) is 16.4. The van der Waals surface area contributed by atoms with Gasteiger partial charge in [0.15, 0.2) is 11.5 Å². The fourth-order valence-corrected chi connectivity index (χ4v) is 2.09. The second-order valence-corrected chi connectivity index (χ2v) is 5.47. The lowest BCUT2D eigenvalue weighted by atomic mass is 10.1. The summed E-state index contributed by atoms with van der Waals surface area (Å²) in [5.74, 6) is 2.68. The van der Waals surface area contributed by atoms with Crippen molar-refractivity contribution in [2.24, 2.45) is 5.92 Å². The van der Waals surface area contributed by atoms with Crippen molar-refractivity contribution in [3.8, 4) is 17.2 Å². The van der Waals surface area contributed by atoms with Crippen LogP contribution in [0, 0.1) is 5.92 Å². The lowest BCUT2D eigenvalue weighted by Gasteiger charge is -2.16. The smallest absolute Gasteiger partial charge is 0.203 e. The van der Waals surface area contributed by atoms with Crippen LogP contribution in [-0.4, -0.2) is 41.1 Å². The molecule has 0 bridgehead atoms. The lowest BCUT2D eigenvalue weighted by molar-refractivity contribution is 0.125. The molecule has 1 aromatic carbocycles. The van der Waals surface area contributed by atoms with Crippen LogP contribution in [0.5, 0.6) is 17.2 Å². The topological polar surface area (TPSA) is 49.0 Å². The maximum Gasteiger partial charge on any atom is 0.203 e. The van der Waals surface area contributed by atoms with Gasteiger partial charge in [0.05, 0.1) is 27.9 Å². The predicted octanol–water partition coefficient (Wildman–Crippen LogP) is 2.86. The summed E-state index contributed by atoms with van der Waals surface area (Å²) < 4.78 is 21.7. The Bertz CT molecular complexity index is 435. The van der Waals surface area contributed by atoms with Gasteiger partial charge in [0.25, 0.3) is 0 Å². The molecule has 0 aliphatic heterocycles. The number of hydrogen-bond acceptors (Lipinski definition) is 5. The van der Waals surface area contributed by atoms with Crippen LogP contribution in [0.1, 0.15) is 25.8 Å². The van der Waals surface area contributed by atoms with Gasteiger partial charge in [-0.25, -0.2) is 0 Å². The number of ether oxygens (including phenoxy) is 4. The van der Waals surface area contributed by atoms with E-state index in [0.29, 0.717) is 36.3 Å². The molecule has 1 aromatic rings. The fourth-order valence-electron chi connectivity index (χ4n) is 2.09. The highest BCUT2D eigenvalue weighted by Gasteiger charge is 2.15. The molecule has 0 aromatic heterocycles. The molecule has 0 unspecified atom stereocenters. The van der Waals surface area contributed by atoms with Gasteiger partial charge in [-0.15, -0.1) is 0 Å². The highest BCUT2D eigenvalue weighted by Crippen LogP contribution is 2.39. The van der Waals surface area contributed by atoms with E-state index in [1.54, 1.807) is 21.3 Å². The van der Waals surface area contributed by atoms with Crippen LogP contribution < -0.4 is 19.5 Å². The van der Waals surface area contributed by atoms with Crippen LogP contribution in [0.2, 0.25) is 0 Å². The molecule has 126 valence electrons. The summed E-state index contributed by atoms with van der Waals surface area (Å²) in [7, 11) is 4.86. The van der Waals surface area contributed by atoms with E-state index < -0.39 is 0 Å². The van der Waals surface area contributed by atoms with Crippen LogP contribution in [0.15, 0.2) is 12.1 Å². The molecular formula is C17H29NO4. The Morgan fingerprint density at radius 1 is 0.955 bits per heavy atom. The predicted molar refractivity (Wildman–Crippen MR) is 88.1 cm³/mol. The Morgan fingerprint density at radius 3 is 2.27 bits per heavy atom. The molecule has 0 saturated heterocycles.